The lowest BCUT2D eigenvalue weighted by Crippen LogP contribution is -2.27. The molecule has 8 heteroatoms. The van der Waals surface area contributed by atoms with Crippen molar-refractivity contribution in [2.24, 2.45) is 0 Å². The summed E-state index contributed by atoms with van der Waals surface area (Å²) in [6.07, 6.45) is 3.01. The Balaban J connectivity index is 1.71. The van der Waals surface area contributed by atoms with Crippen LogP contribution in [0.2, 0.25) is 0 Å². The molecule has 0 fully saturated rings. The first-order valence-corrected chi connectivity index (χ1v) is 8.81. The zero-order valence-electron chi connectivity index (χ0n) is 15.8. The van der Waals surface area contributed by atoms with Crippen LogP contribution >= 0.6 is 0 Å². The lowest BCUT2D eigenvalue weighted by molar-refractivity contribution is 0.0593. The van der Waals surface area contributed by atoms with Crippen molar-refractivity contribution in [2.75, 3.05) is 19.1 Å². The molecule has 0 aliphatic rings. The monoisotopic (exact) mass is 387 g/mol. The number of nitrogens with zero attached hydrogens (tertiary/aromatic N) is 5. The van der Waals surface area contributed by atoms with Crippen LogP contribution in [0.15, 0.2) is 67.0 Å². The minimum absolute atomic E-state index is 0.136. The molecule has 0 radical (unpaired) electrons. The molecule has 29 heavy (non-hydrogen) atoms. The Hall–Kier alpha value is -4.07. The predicted molar refractivity (Wildman–Crippen MR) is 107 cm³/mol. The SMILES string of the molecule is COC(=O)c1ccc(C(=O)N(C)c2cc(-c3ccccc3)n3nccc3n2)cn1. The highest BCUT2D eigenvalue weighted by Crippen LogP contribution is 2.24. The van der Waals surface area contributed by atoms with Gasteiger partial charge in [-0.3, -0.25) is 9.69 Å². The molecule has 3 aromatic heterocycles. The van der Waals surface area contributed by atoms with Gasteiger partial charge in [-0.1, -0.05) is 30.3 Å². The van der Waals surface area contributed by atoms with Gasteiger partial charge in [0.2, 0.25) is 0 Å². The number of aromatic nitrogens is 4. The van der Waals surface area contributed by atoms with Crippen molar-refractivity contribution in [3.8, 4) is 11.3 Å². The van der Waals surface area contributed by atoms with E-state index in [1.54, 1.807) is 23.8 Å². The number of hydrogen-bond acceptors (Lipinski definition) is 6. The van der Waals surface area contributed by atoms with Gasteiger partial charge in [-0.25, -0.2) is 19.3 Å². The maximum absolute atomic E-state index is 12.9. The van der Waals surface area contributed by atoms with Crippen molar-refractivity contribution >= 4 is 23.3 Å². The number of amides is 1. The molecule has 0 aliphatic heterocycles. The fourth-order valence-electron chi connectivity index (χ4n) is 2.93. The number of rotatable bonds is 4. The van der Waals surface area contributed by atoms with E-state index in [0.29, 0.717) is 17.0 Å². The van der Waals surface area contributed by atoms with Crippen molar-refractivity contribution in [2.45, 2.75) is 0 Å². The summed E-state index contributed by atoms with van der Waals surface area (Å²) in [5, 5.41) is 4.33. The Morgan fingerprint density at radius 2 is 1.86 bits per heavy atom. The number of carbonyl (C=O) groups excluding carboxylic acids is 2. The highest BCUT2D eigenvalue weighted by molar-refractivity contribution is 6.05. The number of fused-ring (bicyclic) bond motifs is 1. The molecule has 0 unspecified atom stereocenters. The Morgan fingerprint density at radius 1 is 1.07 bits per heavy atom. The number of pyridine rings is 1. The van der Waals surface area contributed by atoms with Crippen LogP contribution in [0.3, 0.4) is 0 Å². The van der Waals surface area contributed by atoms with Crippen LogP contribution in [-0.2, 0) is 4.74 Å². The summed E-state index contributed by atoms with van der Waals surface area (Å²) in [4.78, 5) is 34.4. The van der Waals surface area contributed by atoms with Gasteiger partial charge in [-0.15, -0.1) is 0 Å². The van der Waals surface area contributed by atoms with E-state index in [1.807, 2.05) is 36.4 Å². The average molecular weight is 387 g/mol. The van der Waals surface area contributed by atoms with Gasteiger partial charge < -0.3 is 4.74 Å². The molecule has 1 amide bonds. The zero-order valence-corrected chi connectivity index (χ0v) is 15.8. The number of anilines is 1. The molecule has 0 saturated carbocycles. The van der Waals surface area contributed by atoms with Gasteiger partial charge >= 0.3 is 5.97 Å². The normalized spacial score (nSPS) is 10.7. The van der Waals surface area contributed by atoms with Gasteiger partial charge in [-0.05, 0) is 12.1 Å². The molecular formula is C21H17N5O3. The van der Waals surface area contributed by atoms with Crippen molar-refractivity contribution in [3.63, 3.8) is 0 Å². The van der Waals surface area contributed by atoms with E-state index in [4.69, 9.17) is 0 Å². The van der Waals surface area contributed by atoms with Gasteiger partial charge in [0.15, 0.2) is 5.65 Å². The van der Waals surface area contributed by atoms with Crippen LogP contribution in [0.1, 0.15) is 20.8 Å². The summed E-state index contributed by atoms with van der Waals surface area (Å²) >= 11 is 0. The number of methoxy groups -OCH3 is 1. The molecule has 4 rings (SSSR count). The van der Waals surface area contributed by atoms with E-state index >= 15 is 0 Å². The standard InChI is InChI=1S/C21H17N5O3/c1-25(20(27)15-8-9-16(22-13-15)21(28)29-2)19-12-17(14-6-4-3-5-7-14)26-18(24-19)10-11-23-26/h3-13H,1-2H3. The van der Waals surface area contributed by atoms with Gasteiger partial charge in [0.05, 0.1) is 24.6 Å². The third kappa shape index (κ3) is 3.43. The summed E-state index contributed by atoms with van der Waals surface area (Å²) in [6.45, 7) is 0. The molecular weight excluding hydrogens is 370 g/mol. The van der Waals surface area contributed by atoms with E-state index in [2.05, 4.69) is 19.8 Å². The van der Waals surface area contributed by atoms with Crippen molar-refractivity contribution < 1.29 is 14.3 Å². The minimum Gasteiger partial charge on any atom is -0.464 e. The third-order valence-corrected chi connectivity index (χ3v) is 4.47. The summed E-state index contributed by atoms with van der Waals surface area (Å²) < 4.78 is 6.35. The van der Waals surface area contributed by atoms with E-state index in [-0.39, 0.29) is 11.6 Å². The minimum atomic E-state index is -0.558. The highest BCUT2D eigenvalue weighted by Gasteiger charge is 2.19. The molecule has 3 heterocycles. The summed E-state index contributed by atoms with van der Waals surface area (Å²) in [7, 11) is 2.92. The molecule has 144 valence electrons. The lowest BCUT2D eigenvalue weighted by atomic mass is 10.1. The smallest absolute Gasteiger partial charge is 0.356 e. The van der Waals surface area contributed by atoms with Gasteiger partial charge in [0.25, 0.3) is 5.91 Å². The van der Waals surface area contributed by atoms with E-state index in [1.165, 1.54) is 30.3 Å². The van der Waals surface area contributed by atoms with Crippen LogP contribution < -0.4 is 4.90 Å². The Morgan fingerprint density at radius 3 is 2.55 bits per heavy atom. The number of ether oxygens (including phenoxy) is 1. The first-order valence-electron chi connectivity index (χ1n) is 8.81. The lowest BCUT2D eigenvalue weighted by Gasteiger charge is -2.18. The van der Waals surface area contributed by atoms with Crippen LogP contribution in [0.4, 0.5) is 5.82 Å². The van der Waals surface area contributed by atoms with Crippen LogP contribution in [0.25, 0.3) is 16.9 Å². The Kier molecular flexibility index (Phi) is 4.74. The highest BCUT2D eigenvalue weighted by atomic mass is 16.5. The molecule has 0 aliphatic carbocycles. The maximum Gasteiger partial charge on any atom is 0.356 e. The maximum atomic E-state index is 12.9. The van der Waals surface area contributed by atoms with E-state index in [0.717, 1.165) is 11.3 Å². The fourth-order valence-corrected chi connectivity index (χ4v) is 2.93. The second kappa shape index (κ2) is 7.51. The van der Waals surface area contributed by atoms with E-state index < -0.39 is 5.97 Å². The number of esters is 1. The zero-order chi connectivity index (χ0) is 20.4. The molecule has 0 bridgehead atoms. The second-order valence-electron chi connectivity index (χ2n) is 6.25. The molecule has 4 aromatic rings. The number of carbonyl (C=O) groups is 2. The van der Waals surface area contributed by atoms with Crippen LogP contribution in [0, 0.1) is 0 Å². The van der Waals surface area contributed by atoms with Crippen LogP contribution in [-0.4, -0.2) is 45.6 Å². The van der Waals surface area contributed by atoms with Crippen molar-refractivity contribution in [1.82, 2.24) is 19.6 Å². The third-order valence-electron chi connectivity index (χ3n) is 4.47. The molecule has 8 nitrogen and oxygen atoms in total. The molecule has 0 saturated heterocycles. The van der Waals surface area contributed by atoms with Gasteiger partial charge in [0, 0.05) is 30.9 Å². The van der Waals surface area contributed by atoms with Gasteiger partial charge in [0.1, 0.15) is 11.5 Å². The number of benzene rings is 1. The quantitative estimate of drug-likeness (QED) is 0.500. The molecule has 0 N–H and O–H groups in total. The van der Waals surface area contributed by atoms with E-state index in [9.17, 15) is 9.59 Å². The summed E-state index contributed by atoms with van der Waals surface area (Å²) in [5.74, 6) is -0.388. The Labute approximate surface area is 166 Å². The largest absolute Gasteiger partial charge is 0.464 e. The van der Waals surface area contributed by atoms with Crippen molar-refractivity contribution in [1.29, 1.82) is 0 Å². The average Bonchev–Trinajstić information content (AvgIpc) is 3.26. The van der Waals surface area contributed by atoms with Crippen molar-refractivity contribution in [3.05, 3.63) is 78.2 Å². The first kappa shape index (κ1) is 18.3. The molecule has 1 aromatic carbocycles. The summed E-state index contributed by atoms with van der Waals surface area (Å²) in [5.41, 5.74) is 2.86. The van der Waals surface area contributed by atoms with Gasteiger partial charge in [-0.2, -0.15) is 5.10 Å². The topological polar surface area (TPSA) is 89.7 Å². The first-order chi connectivity index (χ1) is 14.1. The second-order valence-corrected chi connectivity index (χ2v) is 6.25. The van der Waals surface area contributed by atoms with Crippen LogP contribution in [0.5, 0.6) is 0 Å². The summed E-state index contributed by atoms with van der Waals surface area (Å²) in [6, 6.07) is 16.3. The number of hydrogen-bond donors (Lipinski definition) is 0. The Bertz CT molecular complexity index is 1190. The molecule has 0 spiro atoms. The molecule has 0 atom stereocenters. The predicted octanol–water partition coefficient (Wildman–Crippen LogP) is 2.85. The fraction of sp³-hybridized carbons (Fsp3) is 0.0952.